The van der Waals surface area contributed by atoms with Crippen molar-refractivity contribution in [2.45, 2.75) is 51.6 Å². The number of ether oxygens (including phenoxy) is 1. The third-order valence-corrected chi connectivity index (χ3v) is 3.97. The van der Waals surface area contributed by atoms with E-state index in [0.29, 0.717) is 32.0 Å². The molecule has 0 aromatic carbocycles. The molecule has 0 aromatic heterocycles. The van der Waals surface area contributed by atoms with Gasteiger partial charge in [-0.25, -0.2) is 0 Å². The molecule has 1 amide bonds. The molecule has 1 atom stereocenters. The van der Waals surface area contributed by atoms with Gasteiger partial charge in [0.1, 0.15) is 0 Å². The monoisotopic (exact) mass is 300 g/mol. The fourth-order valence-electron chi connectivity index (χ4n) is 2.54. The average Bonchev–Trinajstić information content (AvgIpc) is 2.45. The summed E-state index contributed by atoms with van der Waals surface area (Å²) < 4.78 is 5.52. The summed E-state index contributed by atoms with van der Waals surface area (Å²) in [5.41, 5.74) is 5.51. The fraction of sp³-hybridized carbons (Fsp3) is 0.867. The lowest BCUT2D eigenvalue weighted by molar-refractivity contribution is -0.139. The minimum absolute atomic E-state index is 0.0399. The minimum atomic E-state index is -0.839. The SMILES string of the molecule is CC(CCN)CCC(=O)N1CCC(OCCC(=O)O)CC1. The van der Waals surface area contributed by atoms with Gasteiger partial charge in [0.05, 0.1) is 19.1 Å². The summed E-state index contributed by atoms with van der Waals surface area (Å²) >= 11 is 0. The molecule has 1 aliphatic rings. The second-order valence-corrected chi connectivity index (χ2v) is 5.82. The van der Waals surface area contributed by atoms with Crippen LogP contribution in [-0.2, 0) is 14.3 Å². The predicted octanol–water partition coefficient (Wildman–Crippen LogP) is 1.23. The number of carboxylic acid groups (broad SMARTS) is 1. The summed E-state index contributed by atoms with van der Waals surface area (Å²) in [6.07, 6.45) is 4.17. The lowest BCUT2D eigenvalue weighted by Gasteiger charge is -2.32. The van der Waals surface area contributed by atoms with Crippen LogP contribution in [0.1, 0.15) is 45.4 Å². The molecule has 122 valence electrons. The number of nitrogens with zero attached hydrogens (tertiary/aromatic N) is 1. The van der Waals surface area contributed by atoms with Gasteiger partial charge in [0.15, 0.2) is 0 Å². The Balaban J connectivity index is 2.16. The van der Waals surface area contributed by atoms with Crippen molar-refractivity contribution in [2.75, 3.05) is 26.2 Å². The average molecular weight is 300 g/mol. The molecule has 1 aliphatic heterocycles. The quantitative estimate of drug-likeness (QED) is 0.668. The normalized spacial score (nSPS) is 17.7. The number of piperidine rings is 1. The van der Waals surface area contributed by atoms with E-state index in [1.54, 1.807) is 0 Å². The molecule has 0 aromatic rings. The highest BCUT2D eigenvalue weighted by Crippen LogP contribution is 2.17. The van der Waals surface area contributed by atoms with Crippen LogP contribution in [-0.4, -0.2) is 54.2 Å². The molecule has 1 saturated heterocycles. The first-order chi connectivity index (χ1) is 10.0. The number of aliphatic carboxylic acids is 1. The van der Waals surface area contributed by atoms with Crippen LogP contribution >= 0.6 is 0 Å². The predicted molar refractivity (Wildman–Crippen MR) is 79.9 cm³/mol. The third-order valence-electron chi connectivity index (χ3n) is 3.97. The summed E-state index contributed by atoms with van der Waals surface area (Å²) in [5, 5.41) is 8.56. The summed E-state index contributed by atoms with van der Waals surface area (Å²) in [5.74, 6) is -0.132. The van der Waals surface area contributed by atoms with Crippen molar-refractivity contribution in [2.24, 2.45) is 11.7 Å². The van der Waals surface area contributed by atoms with E-state index in [1.807, 2.05) is 4.90 Å². The van der Waals surface area contributed by atoms with Gasteiger partial charge >= 0.3 is 5.97 Å². The third kappa shape index (κ3) is 7.43. The Hall–Kier alpha value is -1.14. The first-order valence-electron chi connectivity index (χ1n) is 7.84. The van der Waals surface area contributed by atoms with Gasteiger partial charge in [0.25, 0.3) is 0 Å². The van der Waals surface area contributed by atoms with E-state index in [1.165, 1.54) is 0 Å². The highest BCUT2D eigenvalue weighted by atomic mass is 16.5. The van der Waals surface area contributed by atoms with Crippen LogP contribution in [0, 0.1) is 5.92 Å². The number of likely N-dealkylation sites (tertiary alicyclic amines) is 1. The van der Waals surface area contributed by atoms with Crippen LogP contribution in [0.25, 0.3) is 0 Å². The van der Waals surface area contributed by atoms with Crippen molar-refractivity contribution in [1.29, 1.82) is 0 Å². The zero-order valence-electron chi connectivity index (χ0n) is 12.9. The first-order valence-corrected chi connectivity index (χ1v) is 7.84. The largest absolute Gasteiger partial charge is 0.481 e. The van der Waals surface area contributed by atoms with Crippen molar-refractivity contribution in [3.8, 4) is 0 Å². The molecule has 21 heavy (non-hydrogen) atoms. The van der Waals surface area contributed by atoms with E-state index in [4.69, 9.17) is 15.6 Å². The number of carbonyl (C=O) groups excluding carboxylic acids is 1. The molecule has 0 bridgehead atoms. The molecule has 0 saturated carbocycles. The molecular formula is C15H28N2O4. The van der Waals surface area contributed by atoms with E-state index in [0.717, 1.165) is 25.7 Å². The van der Waals surface area contributed by atoms with Crippen LogP contribution < -0.4 is 5.73 Å². The lowest BCUT2D eigenvalue weighted by Crippen LogP contribution is -2.41. The molecule has 1 fully saturated rings. The van der Waals surface area contributed by atoms with Gasteiger partial charge in [0, 0.05) is 19.5 Å². The molecule has 1 unspecified atom stereocenters. The fourth-order valence-corrected chi connectivity index (χ4v) is 2.54. The van der Waals surface area contributed by atoms with Crippen molar-refractivity contribution in [1.82, 2.24) is 4.90 Å². The van der Waals surface area contributed by atoms with Crippen molar-refractivity contribution < 1.29 is 19.4 Å². The number of hydrogen-bond donors (Lipinski definition) is 2. The Labute approximate surface area is 126 Å². The van der Waals surface area contributed by atoms with E-state index in [2.05, 4.69) is 6.92 Å². The van der Waals surface area contributed by atoms with Gasteiger partial charge in [-0.05, 0) is 38.1 Å². The van der Waals surface area contributed by atoms with Gasteiger partial charge in [-0.3, -0.25) is 9.59 Å². The number of nitrogens with two attached hydrogens (primary N) is 1. The van der Waals surface area contributed by atoms with Crippen LogP contribution in [0.5, 0.6) is 0 Å². The van der Waals surface area contributed by atoms with E-state index < -0.39 is 5.97 Å². The Morgan fingerprint density at radius 2 is 1.95 bits per heavy atom. The van der Waals surface area contributed by atoms with Gasteiger partial charge in [-0.1, -0.05) is 6.92 Å². The summed E-state index contributed by atoms with van der Waals surface area (Å²) in [4.78, 5) is 24.4. The van der Waals surface area contributed by atoms with E-state index in [9.17, 15) is 9.59 Å². The Bertz CT molecular complexity index is 328. The van der Waals surface area contributed by atoms with Gasteiger partial charge < -0.3 is 20.5 Å². The van der Waals surface area contributed by atoms with Crippen molar-refractivity contribution in [3.05, 3.63) is 0 Å². The van der Waals surface area contributed by atoms with Gasteiger partial charge in [0.2, 0.25) is 5.91 Å². The number of hydrogen-bond acceptors (Lipinski definition) is 4. The maximum Gasteiger partial charge on any atom is 0.305 e. The number of carboxylic acids is 1. The van der Waals surface area contributed by atoms with Gasteiger partial charge in [-0.2, -0.15) is 0 Å². The molecule has 3 N–H and O–H groups in total. The lowest BCUT2D eigenvalue weighted by atomic mass is 10.0. The second kappa shape index (κ2) is 9.73. The van der Waals surface area contributed by atoms with Crippen molar-refractivity contribution in [3.63, 3.8) is 0 Å². The molecule has 0 radical (unpaired) electrons. The Kier molecular flexibility index (Phi) is 8.30. The standard InChI is InChI=1S/C15H28N2O4/c1-12(4-8-16)2-3-14(18)17-9-5-13(6-10-17)21-11-7-15(19)20/h12-13H,2-11,16H2,1H3,(H,19,20). The minimum Gasteiger partial charge on any atom is -0.481 e. The van der Waals surface area contributed by atoms with E-state index in [-0.39, 0.29) is 25.0 Å². The molecule has 0 aliphatic carbocycles. The van der Waals surface area contributed by atoms with Crippen LogP contribution in [0.15, 0.2) is 0 Å². The van der Waals surface area contributed by atoms with Crippen LogP contribution in [0.3, 0.4) is 0 Å². The zero-order chi connectivity index (χ0) is 15.7. The highest BCUT2D eigenvalue weighted by molar-refractivity contribution is 5.76. The number of carbonyl (C=O) groups is 2. The van der Waals surface area contributed by atoms with Crippen LogP contribution in [0.4, 0.5) is 0 Å². The zero-order valence-corrected chi connectivity index (χ0v) is 12.9. The highest BCUT2D eigenvalue weighted by Gasteiger charge is 2.23. The number of rotatable bonds is 9. The maximum atomic E-state index is 12.1. The summed E-state index contributed by atoms with van der Waals surface area (Å²) in [6.45, 7) is 4.48. The van der Waals surface area contributed by atoms with Crippen molar-refractivity contribution >= 4 is 11.9 Å². The molecule has 6 heteroatoms. The smallest absolute Gasteiger partial charge is 0.305 e. The van der Waals surface area contributed by atoms with E-state index >= 15 is 0 Å². The second-order valence-electron chi connectivity index (χ2n) is 5.82. The molecular weight excluding hydrogens is 272 g/mol. The number of amides is 1. The van der Waals surface area contributed by atoms with Gasteiger partial charge in [-0.15, -0.1) is 0 Å². The molecule has 6 nitrogen and oxygen atoms in total. The first kappa shape index (κ1) is 17.9. The molecule has 0 spiro atoms. The summed E-state index contributed by atoms with van der Waals surface area (Å²) in [7, 11) is 0. The molecule has 1 heterocycles. The topological polar surface area (TPSA) is 92.9 Å². The summed E-state index contributed by atoms with van der Waals surface area (Å²) in [6, 6.07) is 0. The maximum absolute atomic E-state index is 12.1. The van der Waals surface area contributed by atoms with Crippen LogP contribution in [0.2, 0.25) is 0 Å². The Morgan fingerprint density at radius 1 is 1.29 bits per heavy atom. The Morgan fingerprint density at radius 3 is 2.52 bits per heavy atom. The molecule has 1 rings (SSSR count).